The highest BCUT2D eigenvalue weighted by molar-refractivity contribution is 5.24. The van der Waals surface area contributed by atoms with Gasteiger partial charge in [0.1, 0.15) is 0 Å². The predicted octanol–water partition coefficient (Wildman–Crippen LogP) is 2.81. The fourth-order valence-corrected chi connectivity index (χ4v) is 4.00. The Morgan fingerprint density at radius 3 is 2.71 bits per heavy atom. The average Bonchev–Trinajstić information content (AvgIpc) is 2.74. The molecule has 0 spiro atoms. The van der Waals surface area contributed by atoms with E-state index in [0.29, 0.717) is 12.6 Å². The predicted molar refractivity (Wildman–Crippen MR) is 84.2 cm³/mol. The molecular weight excluding hydrogens is 262 g/mol. The molecule has 2 N–H and O–H groups in total. The summed E-state index contributed by atoms with van der Waals surface area (Å²) in [5.74, 6) is 0.866. The van der Waals surface area contributed by atoms with Crippen molar-refractivity contribution >= 4 is 0 Å². The summed E-state index contributed by atoms with van der Waals surface area (Å²) in [4.78, 5) is 0. The van der Waals surface area contributed by atoms with Crippen LogP contribution in [0.15, 0.2) is 6.20 Å². The number of aromatic nitrogens is 2. The molecule has 1 aromatic heterocycles. The quantitative estimate of drug-likeness (QED) is 0.820. The monoisotopic (exact) mass is 291 g/mol. The van der Waals surface area contributed by atoms with Crippen molar-refractivity contribution in [1.29, 1.82) is 0 Å². The van der Waals surface area contributed by atoms with Gasteiger partial charge in [-0.3, -0.25) is 4.68 Å². The number of nitrogens with zero attached hydrogens (tertiary/aromatic N) is 2. The van der Waals surface area contributed by atoms with E-state index in [9.17, 15) is 0 Å². The first-order chi connectivity index (χ1) is 10.4. The molecule has 0 bridgehead atoms. The number of hydrogen-bond acceptors (Lipinski definition) is 3. The van der Waals surface area contributed by atoms with Crippen LogP contribution >= 0.6 is 0 Å². The lowest BCUT2D eigenvalue weighted by atomic mass is 9.92. The number of fused-ring (bicyclic) bond motifs is 1. The molecule has 1 unspecified atom stereocenters. The summed E-state index contributed by atoms with van der Waals surface area (Å²) in [5, 5.41) is 17.4. The molecule has 1 heterocycles. The van der Waals surface area contributed by atoms with Crippen LogP contribution in [0.2, 0.25) is 0 Å². The second-order valence-corrected chi connectivity index (χ2v) is 6.70. The lowest BCUT2D eigenvalue weighted by Gasteiger charge is -2.26. The summed E-state index contributed by atoms with van der Waals surface area (Å²) in [7, 11) is 0. The van der Waals surface area contributed by atoms with Crippen molar-refractivity contribution in [2.45, 2.75) is 70.4 Å². The molecule has 4 nitrogen and oxygen atoms in total. The van der Waals surface area contributed by atoms with Gasteiger partial charge in [0.15, 0.2) is 0 Å². The van der Waals surface area contributed by atoms with E-state index in [2.05, 4.69) is 10.4 Å². The van der Waals surface area contributed by atoms with E-state index in [1.54, 1.807) is 0 Å². The Hall–Kier alpha value is -0.870. The smallest absolute Gasteiger partial charge is 0.0644 e. The molecular formula is C17H29N3O. The van der Waals surface area contributed by atoms with E-state index in [0.717, 1.165) is 18.9 Å². The molecule has 0 radical (unpaired) electrons. The summed E-state index contributed by atoms with van der Waals surface area (Å²) in [6.45, 7) is 1.97. The molecule has 2 aliphatic carbocycles. The summed E-state index contributed by atoms with van der Waals surface area (Å²) < 4.78 is 1.99. The third-order valence-electron chi connectivity index (χ3n) is 5.20. The molecule has 1 saturated carbocycles. The maximum absolute atomic E-state index is 9.13. The van der Waals surface area contributed by atoms with Crippen LogP contribution in [-0.4, -0.2) is 28.0 Å². The van der Waals surface area contributed by atoms with Crippen LogP contribution in [0, 0.1) is 5.92 Å². The third-order valence-corrected chi connectivity index (χ3v) is 5.20. The highest BCUT2D eigenvalue weighted by atomic mass is 16.3. The Morgan fingerprint density at radius 1 is 1.14 bits per heavy atom. The number of aliphatic hydroxyl groups is 1. The molecule has 118 valence electrons. The lowest BCUT2D eigenvalue weighted by Crippen LogP contribution is -2.30. The first-order valence-electron chi connectivity index (χ1n) is 8.77. The molecule has 3 rings (SSSR count). The highest BCUT2D eigenvalue weighted by Crippen LogP contribution is 2.30. The van der Waals surface area contributed by atoms with Gasteiger partial charge in [-0.1, -0.05) is 25.7 Å². The van der Waals surface area contributed by atoms with E-state index in [1.807, 2.05) is 10.9 Å². The van der Waals surface area contributed by atoms with Crippen molar-refractivity contribution in [3.05, 3.63) is 17.5 Å². The minimum absolute atomic E-state index is 0.175. The van der Waals surface area contributed by atoms with Crippen molar-refractivity contribution in [3.63, 3.8) is 0 Å². The van der Waals surface area contributed by atoms with Gasteiger partial charge in [-0.25, -0.2) is 0 Å². The number of rotatable bonds is 5. The minimum Gasteiger partial charge on any atom is -0.394 e. The van der Waals surface area contributed by atoms with Gasteiger partial charge in [-0.15, -0.1) is 0 Å². The van der Waals surface area contributed by atoms with Crippen molar-refractivity contribution < 1.29 is 5.11 Å². The van der Waals surface area contributed by atoms with Crippen LogP contribution in [0.5, 0.6) is 0 Å². The van der Waals surface area contributed by atoms with E-state index < -0.39 is 0 Å². The number of aliphatic hydroxyl groups excluding tert-OH is 1. The largest absolute Gasteiger partial charge is 0.394 e. The average molecular weight is 291 g/mol. The van der Waals surface area contributed by atoms with Crippen molar-refractivity contribution in [1.82, 2.24) is 15.1 Å². The molecule has 2 aliphatic rings. The number of nitrogens with one attached hydrogen (secondary N) is 1. The van der Waals surface area contributed by atoms with Crippen molar-refractivity contribution in [3.8, 4) is 0 Å². The van der Waals surface area contributed by atoms with Crippen LogP contribution in [0.3, 0.4) is 0 Å². The maximum atomic E-state index is 9.13. The molecule has 4 heteroatoms. The Morgan fingerprint density at radius 2 is 1.95 bits per heavy atom. The van der Waals surface area contributed by atoms with Crippen LogP contribution in [0.1, 0.15) is 68.7 Å². The van der Waals surface area contributed by atoms with Crippen LogP contribution in [0.4, 0.5) is 0 Å². The Labute approximate surface area is 127 Å². The first-order valence-corrected chi connectivity index (χ1v) is 8.77. The standard InChI is InChI=1S/C17H29N3O/c21-11-10-20-17-9-5-8-16(15(17)13-19-20)18-12-14-6-3-1-2-4-7-14/h13-14,16,18,21H,1-12H2. The molecule has 0 aliphatic heterocycles. The fraction of sp³-hybridized carbons (Fsp3) is 0.824. The molecule has 0 aromatic carbocycles. The van der Waals surface area contributed by atoms with Gasteiger partial charge in [-0.05, 0) is 44.6 Å². The van der Waals surface area contributed by atoms with Crippen LogP contribution in [-0.2, 0) is 13.0 Å². The topological polar surface area (TPSA) is 50.1 Å². The summed E-state index contributed by atoms with van der Waals surface area (Å²) in [5.41, 5.74) is 2.72. The van der Waals surface area contributed by atoms with E-state index >= 15 is 0 Å². The zero-order valence-corrected chi connectivity index (χ0v) is 13.1. The van der Waals surface area contributed by atoms with Gasteiger partial charge < -0.3 is 10.4 Å². The summed E-state index contributed by atoms with van der Waals surface area (Å²) in [6.07, 6.45) is 14.1. The van der Waals surface area contributed by atoms with Crippen molar-refractivity contribution in [2.24, 2.45) is 5.92 Å². The second kappa shape index (κ2) is 7.41. The lowest BCUT2D eigenvalue weighted by molar-refractivity contribution is 0.266. The van der Waals surface area contributed by atoms with Crippen molar-refractivity contribution in [2.75, 3.05) is 13.2 Å². The SMILES string of the molecule is OCCn1ncc2c1CCCC2NCC1CCCCCC1. The van der Waals surface area contributed by atoms with E-state index in [4.69, 9.17) is 5.11 Å². The Kier molecular flexibility index (Phi) is 5.31. The molecule has 0 amide bonds. The van der Waals surface area contributed by atoms with Gasteiger partial charge >= 0.3 is 0 Å². The first kappa shape index (κ1) is 15.0. The van der Waals surface area contributed by atoms with Gasteiger partial charge in [-0.2, -0.15) is 5.10 Å². The summed E-state index contributed by atoms with van der Waals surface area (Å²) >= 11 is 0. The minimum atomic E-state index is 0.175. The molecule has 0 saturated heterocycles. The molecule has 21 heavy (non-hydrogen) atoms. The zero-order valence-electron chi connectivity index (χ0n) is 13.1. The van der Waals surface area contributed by atoms with Gasteiger partial charge in [0.05, 0.1) is 19.3 Å². The second-order valence-electron chi connectivity index (χ2n) is 6.70. The van der Waals surface area contributed by atoms with E-state index in [1.165, 1.54) is 62.6 Å². The van der Waals surface area contributed by atoms with E-state index in [-0.39, 0.29) is 6.61 Å². The normalized spacial score (nSPS) is 23.8. The third kappa shape index (κ3) is 3.67. The highest BCUT2D eigenvalue weighted by Gasteiger charge is 2.24. The summed E-state index contributed by atoms with van der Waals surface area (Å²) in [6, 6.07) is 0.476. The van der Waals surface area contributed by atoms with Crippen LogP contribution in [0.25, 0.3) is 0 Å². The van der Waals surface area contributed by atoms with Gasteiger partial charge in [0.2, 0.25) is 0 Å². The van der Waals surface area contributed by atoms with Crippen LogP contribution < -0.4 is 5.32 Å². The molecule has 1 fully saturated rings. The van der Waals surface area contributed by atoms with Gasteiger partial charge in [0.25, 0.3) is 0 Å². The number of hydrogen-bond donors (Lipinski definition) is 2. The fourth-order valence-electron chi connectivity index (χ4n) is 4.00. The Bertz CT molecular complexity index is 435. The zero-order chi connectivity index (χ0) is 14.5. The molecule has 1 aromatic rings. The Balaban J connectivity index is 1.59. The molecule has 1 atom stereocenters. The van der Waals surface area contributed by atoms with Gasteiger partial charge in [0, 0.05) is 17.3 Å². The maximum Gasteiger partial charge on any atom is 0.0644 e.